The van der Waals surface area contributed by atoms with E-state index in [1.54, 1.807) is 11.6 Å². The maximum atomic E-state index is 12.7. The Balaban J connectivity index is 1.37. The van der Waals surface area contributed by atoms with Crippen molar-refractivity contribution in [2.24, 2.45) is 0 Å². The molecule has 0 saturated heterocycles. The van der Waals surface area contributed by atoms with E-state index in [-0.39, 0.29) is 18.6 Å². The van der Waals surface area contributed by atoms with E-state index in [1.165, 1.54) is 0 Å². The van der Waals surface area contributed by atoms with E-state index in [0.29, 0.717) is 36.5 Å². The van der Waals surface area contributed by atoms with Crippen molar-refractivity contribution in [1.82, 2.24) is 15.1 Å². The number of nitrogens with zero attached hydrogens (tertiary/aromatic N) is 2. The molecule has 2 heterocycles. The quantitative estimate of drug-likeness (QED) is 0.620. The zero-order chi connectivity index (χ0) is 21.8. The maximum Gasteiger partial charge on any atom is 0.342 e. The molecule has 1 atom stereocenters. The van der Waals surface area contributed by atoms with Crippen molar-refractivity contribution < 1.29 is 19.1 Å². The molecule has 1 aliphatic heterocycles. The number of hydrogen-bond donors (Lipinski definition) is 1. The first-order chi connectivity index (χ1) is 15.0. The minimum atomic E-state index is -0.545. The molecule has 3 aromatic rings. The Morgan fingerprint density at radius 1 is 1.13 bits per heavy atom. The number of aromatic nitrogens is 2. The topological polar surface area (TPSA) is 82.5 Å². The molecule has 31 heavy (non-hydrogen) atoms. The van der Waals surface area contributed by atoms with Crippen molar-refractivity contribution in [2.45, 2.75) is 32.9 Å². The molecule has 1 unspecified atom stereocenters. The van der Waals surface area contributed by atoms with Crippen molar-refractivity contribution >= 4 is 11.9 Å². The van der Waals surface area contributed by atoms with E-state index >= 15 is 0 Å². The number of ether oxygens (including phenoxy) is 2. The maximum absolute atomic E-state index is 12.7. The van der Waals surface area contributed by atoms with Crippen molar-refractivity contribution in [3.05, 3.63) is 82.7 Å². The lowest BCUT2D eigenvalue weighted by Gasteiger charge is -2.26. The van der Waals surface area contributed by atoms with E-state index in [2.05, 4.69) is 10.4 Å². The first kappa shape index (κ1) is 20.7. The van der Waals surface area contributed by atoms with Gasteiger partial charge >= 0.3 is 5.97 Å². The highest BCUT2D eigenvalue weighted by Gasteiger charge is 2.24. The van der Waals surface area contributed by atoms with E-state index in [4.69, 9.17) is 9.47 Å². The van der Waals surface area contributed by atoms with Crippen LogP contribution in [-0.4, -0.2) is 34.9 Å². The van der Waals surface area contributed by atoms with Gasteiger partial charge in [-0.15, -0.1) is 0 Å². The van der Waals surface area contributed by atoms with Gasteiger partial charge in [-0.1, -0.05) is 48.5 Å². The Labute approximate surface area is 181 Å². The highest BCUT2D eigenvalue weighted by Crippen LogP contribution is 2.31. The van der Waals surface area contributed by atoms with Crippen molar-refractivity contribution in [3.63, 3.8) is 0 Å². The van der Waals surface area contributed by atoms with Gasteiger partial charge in [0.1, 0.15) is 11.3 Å². The SMILES string of the molecule is Cc1nn(Cc2ccccc2)c(C)c1C(=O)OCC(=O)NC1CCOc2ccccc21. The number of amides is 1. The standard InChI is InChI=1S/C24H25N3O4/c1-16-23(17(2)27(26-16)14-18-8-4-3-5-9-18)24(29)31-15-22(28)25-20-12-13-30-21-11-7-6-10-19(20)21/h3-11,20H,12-15H2,1-2H3,(H,25,28). The summed E-state index contributed by atoms with van der Waals surface area (Å²) in [5.41, 5.74) is 3.72. The lowest BCUT2D eigenvalue weighted by Crippen LogP contribution is -2.35. The van der Waals surface area contributed by atoms with Crippen LogP contribution < -0.4 is 10.1 Å². The fourth-order valence-electron chi connectivity index (χ4n) is 3.83. The third-order valence-corrected chi connectivity index (χ3v) is 5.39. The largest absolute Gasteiger partial charge is 0.493 e. The smallest absolute Gasteiger partial charge is 0.342 e. The number of carbonyl (C=O) groups excluding carboxylic acids is 2. The molecule has 2 aromatic carbocycles. The Bertz CT molecular complexity index is 1090. The van der Waals surface area contributed by atoms with E-state index in [9.17, 15) is 9.59 Å². The number of carbonyl (C=O) groups is 2. The zero-order valence-electron chi connectivity index (χ0n) is 17.6. The molecule has 160 valence electrons. The van der Waals surface area contributed by atoms with Crippen LogP contribution in [0.5, 0.6) is 5.75 Å². The van der Waals surface area contributed by atoms with Crippen LogP contribution in [0, 0.1) is 13.8 Å². The summed E-state index contributed by atoms with van der Waals surface area (Å²) in [6.45, 7) is 4.34. The van der Waals surface area contributed by atoms with Gasteiger partial charge in [0.05, 0.1) is 30.6 Å². The predicted octanol–water partition coefficient (Wildman–Crippen LogP) is 3.35. The second-order valence-electron chi connectivity index (χ2n) is 7.56. The van der Waals surface area contributed by atoms with Gasteiger partial charge in [-0.25, -0.2) is 4.79 Å². The van der Waals surface area contributed by atoms with Gasteiger partial charge < -0.3 is 14.8 Å². The van der Waals surface area contributed by atoms with Crippen molar-refractivity contribution in [1.29, 1.82) is 0 Å². The summed E-state index contributed by atoms with van der Waals surface area (Å²) in [7, 11) is 0. The molecule has 0 bridgehead atoms. The minimum absolute atomic E-state index is 0.159. The second kappa shape index (κ2) is 9.04. The minimum Gasteiger partial charge on any atom is -0.493 e. The third-order valence-electron chi connectivity index (χ3n) is 5.39. The molecule has 4 rings (SSSR count). The van der Waals surface area contributed by atoms with Crippen LogP contribution in [0.25, 0.3) is 0 Å². The number of aryl methyl sites for hydroxylation is 1. The van der Waals surface area contributed by atoms with Crippen molar-refractivity contribution in [2.75, 3.05) is 13.2 Å². The molecule has 7 heteroatoms. The lowest BCUT2D eigenvalue weighted by molar-refractivity contribution is -0.125. The molecule has 0 aliphatic carbocycles. The van der Waals surface area contributed by atoms with Gasteiger partial charge in [0.15, 0.2) is 6.61 Å². The summed E-state index contributed by atoms with van der Waals surface area (Å²) >= 11 is 0. The average Bonchev–Trinajstić information content (AvgIpc) is 3.06. The molecule has 0 radical (unpaired) electrons. The lowest BCUT2D eigenvalue weighted by atomic mass is 10.0. The number of nitrogens with one attached hydrogen (secondary N) is 1. The molecular formula is C24H25N3O4. The summed E-state index contributed by atoms with van der Waals surface area (Å²) < 4.78 is 12.7. The second-order valence-corrected chi connectivity index (χ2v) is 7.56. The Morgan fingerprint density at radius 3 is 2.68 bits per heavy atom. The monoisotopic (exact) mass is 419 g/mol. The van der Waals surface area contributed by atoms with Gasteiger partial charge in [-0.3, -0.25) is 9.48 Å². The first-order valence-corrected chi connectivity index (χ1v) is 10.3. The number of fused-ring (bicyclic) bond motifs is 1. The third kappa shape index (κ3) is 4.60. The number of hydrogen-bond acceptors (Lipinski definition) is 5. The fraction of sp³-hybridized carbons (Fsp3) is 0.292. The number of para-hydroxylation sites is 1. The summed E-state index contributed by atoms with van der Waals surface area (Å²) in [4.78, 5) is 25.1. The Kier molecular flexibility index (Phi) is 6.02. The zero-order valence-corrected chi connectivity index (χ0v) is 17.6. The van der Waals surface area contributed by atoms with Gasteiger partial charge in [-0.2, -0.15) is 5.10 Å². The van der Waals surface area contributed by atoms with Crippen LogP contribution >= 0.6 is 0 Å². The summed E-state index contributed by atoms with van der Waals surface area (Å²) in [5.74, 6) is -0.119. The molecular weight excluding hydrogens is 394 g/mol. The Morgan fingerprint density at radius 2 is 1.87 bits per heavy atom. The predicted molar refractivity (Wildman–Crippen MR) is 115 cm³/mol. The summed E-state index contributed by atoms with van der Waals surface area (Å²) in [5, 5.41) is 7.41. The summed E-state index contributed by atoms with van der Waals surface area (Å²) in [6.07, 6.45) is 0.668. The number of rotatable bonds is 6. The molecule has 1 amide bonds. The molecule has 0 spiro atoms. The van der Waals surface area contributed by atoms with Crippen LogP contribution in [0.1, 0.15) is 45.3 Å². The molecule has 0 fully saturated rings. The van der Waals surface area contributed by atoms with Gasteiger partial charge in [0, 0.05) is 12.0 Å². The Hall–Kier alpha value is -3.61. The molecule has 1 aromatic heterocycles. The highest BCUT2D eigenvalue weighted by molar-refractivity contribution is 5.93. The molecule has 1 N–H and O–H groups in total. The van der Waals surface area contributed by atoms with Gasteiger partial charge in [0.2, 0.25) is 0 Å². The van der Waals surface area contributed by atoms with E-state index in [0.717, 1.165) is 16.9 Å². The summed E-state index contributed by atoms with van der Waals surface area (Å²) in [6, 6.07) is 17.4. The van der Waals surface area contributed by atoms with Crippen LogP contribution in [-0.2, 0) is 16.1 Å². The molecule has 1 aliphatic rings. The van der Waals surface area contributed by atoms with Crippen LogP contribution in [0.4, 0.5) is 0 Å². The average molecular weight is 419 g/mol. The molecule has 0 saturated carbocycles. The highest BCUT2D eigenvalue weighted by atomic mass is 16.5. The molecule has 7 nitrogen and oxygen atoms in total. The van der Waals surface area contributed by atoms with Crippen LogP contribution in [0.2, 0.25) is 0 Å². The van der Waals surface area contributed by atoms with Crippen LogP contribution in [0.15, 0.2) is 54.6 Å². The first-order valence-electron chi connectivity index (χ1n) is 10.3. The number of esters is 1. The van der Waals surface area contributed by atoms with Crippen LogP contribution in [0.3, 0.4) is 0 Å². The fourth-order valence-corrected chi connectivity index (χ4v) is 3.83. The van der Waals surface area contributed by atoms with Crippen molar-refractivity contribution in [3.8, 4) is 5.75 Å². The van der Waals surface area contributed by atoms with Gasteiger partial charge in [0.25, 0.3) is 5.91 Å². The van der Waals surface area contributed by atoms with E-state index < -0.39 is 5.97 Å². The van der Waals surface area contributed by atoms with Gasteiger partial charge in [-0.05, 0) is 25.5 Å². The van der Waals surface area contributed by atoms with E-state index in [1.807, 2.05) is 61.5 Å². The normalized spacial score (nSPS) is 15.0. The number of benzene rings is 2.